The van der Waals surface area contributed by atoms with Crippen molar-refractivity contribution in [3.05, 3.63) is 42.0 Å². The average molecular weight is 256 g/mol. The summed E-state index contributed by atoms with van der Waals surface area (Å²) in [4.78, 5) is 11.2. The zero-order chi connectivity index (χ0) is 13.2. The van der Waals surface area contributed by atoms with Gasteiger partial charge in [0.1, 0.15) is 5.75 Å². The molecule has 98 valence electrons. The van der Waals surface area contributed by atoms with Gasteiger partial charge in [-0.2, -0.15) is 0 Å². The molecule has 0 saturated heterocycles. The average Bonchev–Trinajstić information content (AvgIpc) is 2.91. The zero-order valence-electron chi connectivity index (χ0n) is 10.6. The number of carbonyl (C=O) groups is 1. The van der Waals surface area contributed by atoms with Gasteiger partial charge in [0.05, 0.1) is 11.7 Å². The summed E-state index contributed by atoms with van der Waals surface area (Å²) in [5.74, 6) is -0.101. The Kier molecular flexibility index (Phi) is 3.11. The zero-order valence-corrected chi connectivity index (χ0v) is 10.6. The molecule has 1 N–H and O–H groups in total. The molecule has 0 aliphatic heterocycles. The molecule has 0 amide bonds. The van der Waals surface area contributed by atoms with Gasteiger partial charge in [0.25, 0.3) is 0 Å². The normalized spacial score (nSPS) is 15.8. The van der Waals surface area contributed by atoms with E-state index >= 15 is 0 Å². The first-order valence-electron chi connectivity index (χ1n) is 6.67. The lowest BCUT2D eigenvalue weighted by molar-refractivity contribution is 0.0699. The Morgan fingerprint density at radius 1 is 1.05 bits per heavy atom. The highest BCUT2D eigenvalue weighted by atomic mass is 16.5. The van der Waals surface area contributed by atoms with Crippen LogP contribution in [-0.2, 0) is 0 Å². The first kappa shape index (κ1) is 12.0. The second-order valence-corrected chi connectivity index (χ2v) is 4.99. The summed E-state index contributed by atoms with van der Waals surface area (Å²) in [6.07, 6.45) is 4.90. The van der Waals surface area contributed by atoms with Crippen LogP contribution < -0.4 is 4.74 Å². The van der Waals surface area contributed by atoms with E-state index in [-0.39, 0.29) is 6.10 Å². The van der Waals surface area contributed by atoms with Crippen molar-refractivity contribution in [2.24, 2.45) is 0 Å². The van der Waals surface area contributed by atoms with Gasteiger partial charge < -0.3 is 9.84 Å². The fourth-order valence-electron chi connectivity index (χ4n) is 2.75. The van der Waals surface area contributed by atoms with Crippen molar-refractivity contribution in [2.75, 3.05) is 0 Å². The third-order valence-corrected chi connectivity index (χ3v) is 3.71. The first-order valence-corrected chi connectivity index (χ1v) is 6.67. The van der Waals surface area contributed by atoms with E-state index in [0.717, 1.165) is 29.4 Å². The monoisotopic (exact) mass is 256 g/mol. The molecule has 0 unspecified atom stereocenters. The lowest BCUT2D eigenvalue weighted by Gasteiger charge is -2.15. The molecule has 3 nitrogen and oxygen atoms in total. The Morgan fingerprint density at radius 2 is 1.74 bits per heavy atom. The number of fused-ring (bicyclic) bond motifs is 1. The number of carboxylic acids is 1. The number of rotatable bonds is 3. The van der Waals surface area contributed by atoms with E-state index in [9.17, 15) is 9.90 Å². The molecule has 0 atom stereocenters. The van der Waals surface area contributed by atoms with Crippen molar-refractivity contribution >= 4 is 16.7 Å². The Balaban J connectivity index is 2.05. The number of hydrogen-bond acceptors (Lipinski definition) is 2. The second-order valence-electron chi connectivity index (χ2n) is 4.99. The highest BCUT2D eigenvalue weighted by Crippen LogP contribution is 2.32. The van der Waals surface area contributed by atoms with Crippen LogP contribution in [0.15, 0.2) is 36.4 Å². The fraction of sp³-hybridized carbons (Fsp3) is 0.312. The Morgan fingerprint density at radius 3 is 2.42 bits per heavy atom. The molecule has 0 bridgehead atoms. The summed E-state index contributed by atoms with van der Waals surface area (Å²) in [6.45, 7) is 0. The van der Waals surface area contributed by atoms with Crippen molar-refractivity contribution in [3.8, 4) is 5.75 Å². The minimum Gasteiger partial charge on any atom is -0.490 e. The molecule has 3 rings (SSSR count). The van der Waals surface area contributed by atoms with Crippen LogP contribution >= 0.6 is 0 Å². The molecule has 3 heteroatoms. The minimum absolute atomic E-state index is 0.277. The van der Waals surface area contributed by atoms with Crippen LogP contribution in [0.5, 0.6) is 5.75 Å². The van der Waals surface area contributed by atoms with Crippen molar-refractivity contribution in [2.45, 2.75) is 31.8 Å². The van der Waals surface area contributed by atoms with Crippen LogP contribution in [0.25, 0.3) is 10.8 Å². The first-order chi connectivity index (χ1) is 9.25. The lowest BCUT2D eigenvalue weighted by Crippen LogP contribution is -2.11. The van der Waals surface area contributed by atoms with E-state index in [0.29, 0.717) is 5.56 Å². The molecule has 2 aromatic rings. The van der Waals surface area contributed by atoms with E-state index in [1.165, 1.54) is 12.8 Å². The Bertz CT molecular complexity index is 612. The molecule has 0 radical (unpaired) electrons. The van der Waals surface area contributed by atoms with Gasteiger partial charge in [-0.15, -0.1) is 0 Å². The van der Waals surface area contributed by atoms with Gasteiger partial charge in [-0.3, -0.25) is 0 Å². The number of benzene rings is 2. The van der Waals surface area contributed by atoms with Crippen LogP contribution in [-0.4, -0.2) is 17.2 Å². The molecule has 0 aromatic heterocycles. The van der Waals surface area contributed by atoms with Crippen molar-refractivity contribution in [3.63, 3.8) is 0 Å². The summed E-state index contributed by atoms with van der Waals surface area (Å²) in [5, 5.41) is 10.8. The summed E-state index contributed by atoms with van der Waals surface area (Å²) < 4.78 is 6.03. The third kappa shape index (κ3) is 2.28. The SMILES string of the molecule is O=C(O)c1ccc(OC2CCCC2)c2ccccc12. The van der Waals surface area contributed by atoms with Gasteiger partial charge in [-0.05, 0) is 43.2 Å². The van der Waals surface area contributed by atoms with Gasteiger partial charge in [0.15, 0.2) is 0 Å². The number of ether oxygens (including phenoxy) is 1. The largest absolute Gasteiger partial charge is 0.490 e. The highest BCUT2D eigenvalue weighted by molar-refractivity contribution is 6.05. The molecule has 0 heterocycles. The van der Waals surface area contributed by atoms with Crippen LogP contribution in [0.1, 0.15) is 36.0 Å². The molecule has 1 fully saturated rings. The van der Waals surface area contributed by atoms with E-state index in [1.807, 2.05) is 24.3 Å². The van der Waals surface area contributed by atoms with Crippen LogP contribution in [0, 0.1) is 0 Å². The summed E-state index contributed by atoms with van der Waals surface area (Å²) >= 11 is 0. The van der Waals surface area contributed by atoms with E-state index in [1.54, 1.807) is 12.1 Å². The third-order valence-electron chi connectivity index (χ3n) is 3.71. The maximum Gasteiger partial charge on any atom is 0.336 e. The summed E-state index contributed by atoms with van der Waals surface area (Å²) in [7, 11) is 0. The van der Waals surface area contributed by atoms with Crippen LogP contribution in [0.2, 0.25) is 0 Å². The standard InChI is InChI=1S/C16H16O3/c17-16(18)14-9-10-15(19-11-5-1-2-6-11)13-8-4-3-7-12(13)14/h3-4,7-11H,1-2,5-6H2,(H,17,18). The maximum atomic E-state index is 11.2. The highest BCUT2D eigenvalue weighted by Gasteiger charge is 2.18. The quantitative estimate of drug-likeness (QED) is 0.907. The molecule has 19 heavy (non-hydrogen) atoms. The van der Waals surface area contributed by atoms with Crippen LogP contribution in [0.3, 0.4) is 0 Å². The topological polar surface area (TPSA) is 46.5 Å². The number of carboxylic acid groups (broad SMARTS) is 1. The van der Waals surface area contributed by atoms with Gasteiger partial charge in [0, 0.05) is 5.39 Å². The summed E-state index contributed by atoms with van der Waals surface area (Å²) in [5.41, 5.74) is 0.328. The minimum atomic E-state index is -0.899. The second kappa shape index (κ2) is 4.92. The van der Waals surface area contributed by atoms with Gasteiger partial charge in [-0.1, -0.05) is 24.3 Å². The van der Waals surface area contributed by atoms with Gasteiger partial charge >= 0.3 is 5.97 Å². The smallest absolute Gasteiger partial charge is 0.336 e. The van der Waals surface area contributed by atoms with Crippen molar-refractivity contribution in [1.82, 2.24) is 0 Å². The fourth-order valence-corrected chi connectivity index (χ4v) is 2.75. The summed E-state index contributed by atoms with van der Waals surface area (Å²) in [6, 6.07) is 10.9. The number of aromatic carboxylic acids is 1. The van der Waals surface area contributed by atoms with E-state index < -0.39 is 5.97 Å². The predicted octanol–water partition coefficient (Wildman–Crippen LogP) is 3.86. The Hall–Kier alpha value is -2.03. The van der Waals surface area contributed by atoms with Crippen molar-refractivity contribution in [1.29, 1.82) is 0 Å². The van der Waals surface area contributed by atoms with Gasteiger partial charge in [-0.25, -0.2) is 4.79 Å². The lowest BCUT2D eigenvalue weighted by atomic mass is 10.0. The molecular formula is C16H16O3. The Labute approximate surface area is 111 Å². The number of hydrogen-bond donors (Lipinski definition) is 1. The van der Waals surface area contributed by atoms with Crippen LogP contribution in [0.4, 0.5) is 0 Å². The molecule has 1 aliphatic rings. The maximum absolute atomic E-state index is 11.2. The van der Waals surface area contributed by atoms with Gasteiger partial charge in [0.2, 0.25) is 0 Å². The van der Waals surface area contributed by atoms with E-state index in [4.69, 9.17) is 4.74 Å². The molecule has 0 spiro atoms. The van der Waals surface area contributed by atoms with Crippen molar-refractivity contribution < 1.29 is 14.6 Å². The molecule has 1 aliphatic carbocycles. The molecular weight excluding hydrogens is 240 g/mol. The molecule has 1 saturated carbocycles. The predicted molar refractivity (Wildman–Crippen MR) is 73.8 cm³/mol. The molecule has 2 aromatic carbocycles. The van der Waals surface area contributed by atoms with E-state index in [2.05, 4.69) is 0 Å².